The number of thiazole rings is 1. The number of esters is 1. The molecule has 90 valence electrons. The van der Waals surface area contributed by atoms with Gasteiger partial charge in [-0.05, 0) is 13.3 Å². The lowest BCUT2D eigenvalue weighted by molar-refractivity contribution is -0.143. The lowest BCUT2D eigenvalue weighted by atomic mass is 10.2. The number of nitrogens with one attached hydrogen (secondary N) is 1. The second kappa shape index (κ2) is 7.22. The average molecular weight is 242 g/mol. The maximum absolute atomic E-state index is 11.1. The van der Waals surface area contributed by atoms with Crippen LogP contribution in [0.3, 0.4) is 0 Å². The molecule has 0 aliphatic rings. The van der Waals surface area contributed by atoms with E-state index in [1.165, 1.54) is 0 Å². The Labute approximate surface area is 100 Å². The fraction of sp³-hybridized carbons (Fsp3) is 0.636. The van der Waals surface area contributed by atoms with Gasteiger partial charge in [0.05, 0.1) is 18.7 Å². The topological polar surface area (TPSA) is 51.2 Å². The molecular weight excluding hydrogens is 224 g/mol. The summed E-state index contributed by atoms with van der Waals surface area (Å²) in [6, 6.07) is 0. The molecule has 0 saturated carbocycles. The Hall–Kier alpha value is -1.10. The summed E-state index contributed by atoms with van der Waals surface area (Å²) in [5.41, 5.74) is 0.955. The highest BCUT2D eigenvalue weighted by Gasteiger charge is 2.05. The molecule has 4 nitrogen and oxygen atoms in total. The van der Waals surface area contributed by atoms with Crippen molar-refractivity contribution >= 4 is 22.4 Å². The van der Waals surface area contributed by atoms with E-state index in [1.807, 2.05) is 12.3 Å². The summed E-state index contributed by atoms with van der Waals surface area (Å²) in [5.74, 6) is -0.154. The van der Waals surface area contributed by atoms with Gasteiger partial charge in [-0.3, -0.25) is 4.79 Å². The first-order chi connectivity index (χ1) is 7.76. The lowest BCUT2D eigenvalue weighted by Gasteiger charge is -1.99. The van der Waals surface area contributed by atoms with Crippen molar-refractivity contribution in [3.05, 3.63) is 11.1 Å². The summed E-state index contributed by atoms with van der Waals surface area (Å²) < 4.78 is 4.86. The molecular formula is C11H18N2O2S. The minimum absolute atomic E-state index is 0.154. The highest BCUT2D eigenvalue weighted by Crippen LogP contribution is 2.16. The maximum Gasteiger partial charge on any atom is 0.306 e. The fourth-order valence-corrected chi connectivity index (χ4v) is 1.97. The number of hydrogen-bond donors (Lipinski definition) is 1. The molecule has 16 heavy (non-hydrogen) atoms. The van der Waals surface area contributed by atoms with Crippen molar-refractivity contribution in [1.82, 2.24) is 4.98 Å². The average Bonchev–Trinajstić information content (AvgIpc) is 2.72. The normalized spacial score (nSPS) is 10.1. The molecule has 0 spiro atoms. The van der Waals surface area contributed by atoms with Crippen LogP contribution in [0.2, 0.25) is 0 Å². The Morgan fingerprint density at radius 1 is 1.56 bits per heavy atom. The van der Waals surface area contributed by atoms with Crippen molar-refractivity contribution in [3.8, 4) is 0 Å². The summed E-state index contributed by atoms with van der Waals surface area (Å²) in [6.07, 6.45) is 2.14. The zero-order valence-corrected chi connectivity index (χ0v) is 10.6. The Balaban J connectivity index is 2.31. The highest BCUT2D eigenvalue weighted by molar-refractivity contribution is 7.13. The third-order valence-electron chi connectivity index (χ3n) is 1.97. The van der Waals surface area contributed by atoms with Crippen LogP contribution in [-0.2, 0) is 16.0 Å². The molecule has 1 N–H and O–H groups in total. The van der Waals surface area contributed by atoms with Crippen LogP contribution in [0.5, 0.6) is 0 Å². The van der Waals surface area contributed by atoms with Gasteiger partial charge in [-0.25, -0.2) is 4.98 Å². The summed E-state index contributed by atoms with van der Waals surface area (Å²) in [5, 5.41) is 6.13. The maximum atomic E-state index is 11.1. The molecule has 0 amide bonds. The second-order valence-electron chi connectivity index (χ2n) is 3.38. The predicted octanol–water partition coefficient (Wildman–Crippen LogP) is 2.46. The van der Waals surface area contributed by atoms with Crippen molar-refractivity contribution in [1.29, 1.82) is 0 Å². The number of carbonyl (C=O) groups excluding carboxylic acids is 1. The molecule has 1 rings (SSSR count). The minimum Gasteiger partial charge on any atom is -0.466 e. The third-order valence-corrected chi connectivity index (χ3v) is 2.82. The van der Waals surface area contributed by atoms with Gasteiger partial charge in [-0.2, -0.15) is 0 Å². The Morgan fingerprint density at radius 2 is 2.38 bits per heavy atom. The van der Waals surface area contributed by atoms with Crippen LogP contribution in [0.15, 0.2) is 5.38 Å². The molecule has 0 aliphatic heterocycles. The first kappa shape index (κ1) is 13.0. The van der Waals surface area contributed by atoms with Crippen LogP contribution < -0.4 is 5.32 Å². The lowest BCUT2D eigenvalue weighted by Crippen LogP contribution is -2.05. The van der Waals surface area contributed by atoms with Gasteiger partial charge in [0.25, 0.3) is 0 Å². The zero-order chi connectivity index (χ0) is 11.8. The van der Waals surface area contributed by atoms with E-state index >= 15 is 0 Å². The van der Waals surface area contributed by atoms with Gasteiger partial charge >= 0.3 is 5.97 Å². The molecule has 5 heteroatoms. The molecule has 1 aromatic rings. The fourth-order valence-electron chi connectivity index (χ4n) is 1.20. The quantitative estimate of drug-likeness (QED) is 0.746. The molecule has 1 heterocycles. The van der Waals surface area contributed by atoms with Crippen molar-refractivity contribution in [2.45, 2.75) is 33.1 Å². The van der Waals surface area contributed by atoms with Crippen LogP contribution in [0.4, 0.5) is 5.13 Å². The van der Waals surface area contributed by atoms with E-state index in [0.29, 0.717) is 19.4 Å². The minimum atomic E-state index is -0.154. The summed E-state index contributed by atoms with van der Waals surface area (Å²) in [6.45, 7) is 5.31. The molecule has 0 fully saturated rings. The van der Waals surface area contributed by atoms with Crippen molar-refractivity contribution in [3.63, 3.8) is 0 Å². The van der Waals surface area contributed by atoms with Crippen LogP contribution in [0.1, 0.15) is 32.4 Å². The van der Waals surface area contributed by atoms with Gasteiger partial charge in [-0.1, -0.05) is 6.92 Å². The number of nitrogens with zero attached hydrogens (tertiary/aromatic N) is 1. The van der Waals surface area contributed by atoms with Gasteiger partial charge in [0.1, 0.15) is 0 Å². The predicted molar refractivity (Wildman–Crippen MR) is 65.8 cm³/mol. The molecule has 0 aromatic carbocycles. The molecule has 0 aliphatic carbocycles. The van der Waals surface area contributed by atoms with E-state index in [2.05, 4.69) is 17.2 Å². The number of anilines is 1. The third kappa shape index (κ3) is 4.61. The first-order valence-corrected chi connectivity index (χ1v) is 6.48. The number of ether oxygens (including phenoxy) is 1. The molecule has 1 aromatic heterocycles. The summed E-state index contributed by atoms with van der Waals surface area (Å²) in [7, 11) is 0. The number of carbonyl (C=O) groups is 1. The Bertz CT molecular complexity index is 326. The number of aromatic nitrogens is 1. The molecule has 0 bridgehead atoms. The van der Waals surface area contributed by atoms with E-state index in [4.69, 9.17) is 4.74 Å². The van der Waals surface area contributed by atoms with Crippen LogP contribution in [0.25, 0.3) is 0 Å². The molecule has 0 atom stereocenters. The second-order valence-corrected chi connectivity index (χ2v) is 4.23. The number of rotatable bonds is 7. The standard InChI is InChI=1S/C11H18N2O2S/c1-3-7-12-11-13-9(8-16-11)5-6-10(14)15-4-2/h8H,3-7H2,1-2H3,(H,12,13). The molecule has 0 radical (unpaired) electrons. The van der Waals surface area contributed by atoms with Gasteiger partial charge < -0.3 is 10.1 Å². The summed E-state index contributed by atoms with van der Waals surface area (Å²) >= 11 is 1.58. The van der Waals surface area contributed by atoms with Gasteiger partial charge in [0.2, 0.25) is 0 Å². The Kier molecular flexibility index (Phi) is 5.85. The highest BCUT2D eigenvalue weighted by atomic mass is 32.1. The number of hydrogen-bond acceptors (Lipinski definition) is 5. The largest absolute Gasteiger partial charge is 0.466 e. The van der Waals surface area contributed by atoms with E-state index in [1.54, 1.807) is 11.3 Å². The zero-order valence-electron chi connectivity index (χ0n) is 9.78. The molecule has 0 saturated heterocycles. The van der Waals surface area contributed by atoms with E-state index in [9.17, 15) is 4.79 Å². The van der Waals surface area contributed by atoms with Crippen molar-refractivity contribution < 1.29 is 9.53 Å². The van der Waals surface area contributed by atoms with E-state index < -0.39 is 0 Å². The van der Waals surface area contributed by atoms with E-state index in [0.717, 1.165) is 23.8 Å². The van der Waals surface area contributed by atoms with Gasteiger partial charge in [0.15, 0.2) is 5.13 Å². The van der Waals surface area contributed by atoms with Crippen molar-refractivity contribution in [2.24, 2.45) is 0 Å². The van der Waals surface area contributed by atoms with Crippen LogP contribution in [-0.4, -0.2) is 24.1 Å². The van der Waals surface area contributed by atoms with Gasteiger partial charge in [-0.15, -0.1) is 11.3 Å². The van der Waals surface area contributed by atoms with Crippen LogP contribution >= 0.6 is 11.3 Å². The Morgan fingerprint density at radius 3 is 3.06 bits per heavy atom. The smallest absolute Gasteiger partial charge is 0.306 e. The molecule has 0 unspecified atom stereocenters. The van der Waals surface area contributed by atoms with Gasteiger partial charge in [0, 0.05) is 18.3 Å². The summed E-state index contributed by atoms with van der Waals surface area (Å²) in [4.78, 5) is 15.5. The number of aryl methyl sites for hydroxylation is 1. The first-order valence-electron chi connectivity index (χ1n) is 5.60. The van der Waals surface area contributed by atoms with Crippen molar-refractivity contribution in [2.75, 3.05) is 18.5 Å². The SMILES string of the molecule is CCCNc1nc(CCC(=O)OCC)cs1. The monoisotopic (exact) mass is 242 g/mol. The van der Waals surface area contributed by atoms with E-state index in [-0.39, 0.29) is 5.97 Å². The van der Waals surface area contributed by atoms with Crippen LogP contribution in [0, 0.1) is 0 Å².